The van der Waals surface area contributed by atoms with Crippen molar-refractivity contribution >= 4 is 27.5 Å². The molecule has 1 N–H and O–H groups in total. The molecule has 0 spiro atoms. The van der Waals surface area contributed by atoms with Crippen LogP contribution in [-0.4, -0.2) is 52.3 Å². The molecule has 1 aliphatic rings. The summed E-state index contributed by atoms with van der Waals surface area (Å²) in [6.45, 7) is 0.296. The Hall–Kier alpha value is -2.91. The van der Waals surface area contributed by atoms with Crippen molar-refractivity contribution in [2.45, 2.75) is 17.9 Å². The van der Waals surface area contributed by atoms with E-state index < -0.39 is 15.9 Å². The van der Waals surface area contributed by atoms with Crippen LogP contribution in [0.3, 0.4) is 0 Å². The number of sulfonamides is 1. The molecule has 3 rings (SSSR count). The first-order valence-electron chi connectivity index (χ1n) is 9.47. The lowest BCUT2D eigenvalue weighted by Gasteiger charge is -2.19. The van der Waals surface area contributed by atoms with Crippen LogP contribution in [-0.2, 0) is 26.2 Å². The number of benzene rings is 2. The predicted octanol–water partition coefficient (Wildman–Crippen LogP) is 1.61. The third-order valence-corrected chi connectivity index (χ3v) is 6.97. The molecule has 30 heavy (non-hydrogen) atoms. The zero-order valence-electron chi connectivity index (χ0n) is 17.2. The highest BCUT2D eigenvalue weighted by molar-refractivity contribution is 7.89. The van der Waals surface area contributed by atoms with Gasteiger partial charge in [-0.3, -0.25) is 9.59 Å². The van der Waals surface area contributed by atoms with Crippen LogP contribution < -0.4 is 15.0 Å². The fraction of sp³-hybridized carbons (Fsp3) is 0.333. The molecule has 8 nitrogen and oxygen atoms in total. The highest BCUT2D eigenvalue weighted by Crippen LogP contribution is 2.32. The lowest BCUT2D eigenvalue weighted by molar-refractivity contribution is -0.126. The van der Waals surface area contributed by atoms with Crippen molar-refractivity contribution in [1.82, 2.24) is 9.62 Å². The standard InChI is InChI=1S/C21H25N3O5S/c1-23(2)30(27,28)19-11-7-4-8-15(19)13-22-21(26)16-12-20(25)24(14-16)17-9-5-6-10-18(17)29-3/h4-11,16H,12-14H2,1-3H3,(H,22,26). The van der Waals surface area contributed by atoms with Gasteiger partial charge in [-0.15, -0.1) is 0 Å². The third kappa shape index (κ3) is 4.31. The van der Waals surface area contributed by atoms with Gasteiger partial charge in [0.2, 0.25) is 21.8 Å². The number of nitrogens with one attached hydrogen (secondary N) is 1. The summed E-state index contributed by atoms with van der Waals surface area (Å²) in [6, 6.07) is 13.7. The van der Waals surface area contributed by atoms with E-state index in [1.165, 1.54) is 27.3 Å². The fourth-order valence-corrected chi connectivity index (χ4v) is 4.51. The van der Waals surface area contributed by atoms with Gasteiger partial charge in [0.25, 0.3) is 0 Å². The average molecular weight is 432 g/mol. The summed E-state index contributed by atoms with van der Waals surface area (Å²) >= 11 is 0. The number of amides is 2. The summed E-state index contributed by atoms with van der Waals surface area (Å²) in [5.74, 6) is -0.414. The Balaban J connectivity index is 1.71. The third-order valence-electron chi connectivity index (χ3n) is 5.06. The van der Waals surface area contributed by atoms with E-state index >= 15 is 0 Å². The maximum atomic E-state index is 12.7. The van der Waals surface area contributed by atoms with Crippen LogP contribution in [0.15, 0.2) is 53.4 Å². The molecule has 1 saturated heterocycles. The van der Waals surface area contributed by atoms with Crippen molar-refractivity contribution in [3.8, 4) is 5.75 Å². The molecule has 1 unspecified atom stereocenters. The Bertz CT molecular complexity index is 1050. The number of carbonyl (C=O) groups excluding carboxylic acids is 2. The van der Waals surface area contributed by atoms with Crippen molar-refractivity contribution in [3.63, 3.8) is 0 Å². The van der Waals surface area contributed by atoms with Crippen molar-refractivity contribution in [2.75, 3.05) is 32.6 Å². The summed E-state index contributed by atoms with van der Waals surface area (Å²) in [4.78, 5) is 26.9. The molecule has 1 fully saturated rings. The van der Waals surface area contributed by atoms with E-state index in [0.717, 1.165) is 4.31 Å². The normalized spacial score (nSPS) is 16.7. The molecule has 1 heterocycles. The van der Waals surface area contributed by atoms with Gasteiger partial charge in [0.15, 0.2) is 0 Å². The Labute approximate surface area is 176 Å². The molecule has 2 aromatic carbocycles. The number of methoxy groups -OCH3 is 1. The minimum Gasteiger partial charge on any atom is -0.495 e. The number of ether oxygens (including phenoxy) is 1. The van der Waals surface area contributed by atoms with Crippen LogP contribution in [0, 0.1) is 5.92 Å². The van der Waals surface area contributed by atoms with E-state index in [-0.39, 0.29) is 36.2 Å². The molecule has 1 aliphatic heterocycles. The number of anilines is 1. The molecule has 0 radical (unpaired) electrons. The van der Waals surface area contributed by atoms with E-state index in [4.69, 9.17) is 4.74 Å². The number of nitrogens with zero attached hydrogens (tertiary/aromatic N) is 2. The van der Waals surface area contributed by atoms with Crippen molar-refractivity contribution < 1.29 is 22.7 Å². The summed E-state index contributed by atoms with van der Waals surface area (Å²) in [6.07, 6.45) is 0.0848. The van der Waals surface area contributed by atoms with Gasteiger partial charge in [-0.05, 0) is 23.8 Å². The number of hydrogen-bond donors (Lipinski definition) is 1. The van der Waals surface area contributed by atoms with Gasteiger partial charge in [-0.25, -0.2) is 12.7 Å². The van der Waals surface area contributed by atoms with Crippen molar-refractivity contribution in [2.24, 2.45) is 5.92 Å². The minimum absolute atomic E-state index is 0.0570. The zero-order valence-corrected chi connectivity index (χ0v) is 18.0. The van der Waals surface area contributed by atoms with Crippen LogP contribution in [0.25, 0.3) is 0 Å². The van der Waals surface area contributed by atoms with Gasteiger partial charge in [0, 0.05) is 33.6 Å². The summed E-state index contributed by atoms with van der Waals surface area (Å²) in [5, 5.41) is 2.78. The number of carbonyl (C=O) groups is 2. The molecule has 2 aromatic rings. The molecule has 1 atom stereocenters. The highest BCUT2D eigenvalue weighted by Gasteiger charge is 2.36. The fourth-order valence-electron chi connectivity index (χ4n) is 3.39. The first kappa shape index (κ1) is 21.8. The maximum absolute atomic E-state index is 12.7. The number of para-hydroxylation sites is 2. The molecule has 0 aliphatic carbocycles. The lowest BCUT2D eigenvalue weighted by atomic mass is 10.1. The first-order chi connectivity index (χ1) is 14.3. The quantitative estimate of drug-likeness (QED) is 0.719. The van der Waals surface area contributed by atoms with Gasteiger partial charge in [-0.1, -0.05) is 30.3 Å². The van der Waals surface area contributed by atoms with Gasteiger partial charge in [0.05, 0.1) is 23.6 Å². The summed E-state index contributed by atoms with van der Waals surface area (Å²) in [7, 11) is 0.820. The Morgan fingerprint density at radius 3 is 2.53 bits per heavy atom. The van der Waals surface area contributed by atoms with E-state index in [1.807, 2.05) is 6.07 Å². The van der Waals surface area contributed by atoms with E-state index in [0.29, 0.717) is 17.0 Å². The summed E-state index contributed by atoms with van der Waals surface area (Å²) in [5.41, 5.74) is 1.12. The Morgan fingerprint density at radius 2 is 1.83 bits per heavy atom. The van der Waals surface area contributed by atoms with Gasteiger partial charge < -0.3 is 15.0 Å². The lowest BCUT2D eigenvalue weighted by Crippen LogP contribution is -2.33. The highest BCUT2D eigenvalue weighted by atomic mass is 32.2. The van der Waals surface area contributed by atoms with Crippen LogP contribution in [0.2, 0.25) is 0 Å². The molecule has 2 amide bonds. The molecule has 9 heteroatoms. The average Bonchev–Trinajstić information content (AvgIpc) is 3.13. The largest absolute Gasteiger partial charge is 0.495 e. The van der Waals surface area contributed by atoms with Gasteiger partial charge in [0.1, 0.15) is 5.75 Å². The second kappa shape index (κ2) is 8.85. The number of rotatable bonds is 7. The SMILES string of the molecule is COc1ccccc1N1CC(C(=O)NCc2ccccc2S(=O)(=O)N(C)C)CC1=O. The molecular formula is C21H25N3O5S. The topological polar surface area (TPSA) is 96.0 Å². The van der Waals surface area contributed by atoms with E-state index in [9.17, 15) is 18.0 Å². The second-order valence-electron chi connectivity index (χ2n) is 7.19. The van der Waals surface area contributed by atoms with Gasteiger partial charge in [-0.2, -0.15) is 0 Å². The van der Waals surface area contributed by atoms with E-state index in [2.05, 4.69) is 5.32 Å². The molecule has 0 saturated carbocycles. The second-order valence-corrected chi connectivity index (χ2v) is 9.31. The minimum atomic E-state index is -3.63. The van der Waals surface area contributed by atoms with Crippen molar-refractivity contribution in [3.05, 3.63) is 54.1 Å². The first-order valence-corrected chi connectivity index (χ1v) is 10.9. The van der Waals surface area contributed by atoms with Crippen LogP contribution in [0.5, 0.6) is 5.75 Å². The molecular weight excluding hydrogens is 406 g/mol. The Morgan fingerprint density at radius 1 is 1.17 bits per heavy atom. The molecule has 0 bridgehead atoms. The smallest absolute Gasteiger partial charge is 0.242 e. The van der Waals surface area contributed by atoms with Crippen LogP contribution >= 0.6 is 0 Å². The van der Waals surface area contributed by atoms with Crippen molar-refractivity contribution in [1.29, 1.82) is 0 Å². The summed E-state index contributed by atoms with van der Waals surface area (Å²) < 4.78 is 31.5. The Kier molecular flexibility index (Phi) is 6.42. The monoisotopic (exact) mass is 431 g/mol. The van der Waals surface area contributed by atoms with E-state index in [1.54, 1.807) is 41.3 Å². The molecule has 160 valence electrons. The molecule has 0 aromatic heterocycles. The zero-order chi connectivity index (χ0) is 21.9. The van der Waals surface area contributed by atoms with Gasteiger partial charge >= 0.3 is 0 Å². The maximum Gasteiger partial charge on any atom is 0.242 e. The van der Waals surface area contributed by atoms with Crippen LogP contribution in [0.1, 0.15) is 12.0 Å². The predicted molar refractivity (Wildman–Crippen MR) is 113 cm³/mol. The number of hydrogen-bond acceptors (Lipinski definition) is 5. The van der Waals surface area contributed by atoms with Crippen LogP contribution in [0.4, 0.5) is 5.69 Å².